The molecule has 2 amide bonds. The van der Waals surface area contributed by atoms with Gasteiger partial charge in [-0.2, -0.15) is 0 Å². The van der Waals surface area contributed by atoms with Gasteiger partial charge in [-0.05, 0) is 37.0 Å². The van der Waals surface area contributed by atoms with Crippen LogP contribution in [0.2, 0.25) is 0 Å². The van der Waals surface area contributed by atoms with Crippen LogP contribution in [0.25, 0.3) is 0 Å². The highest BCUT2D eigenvalue weighted by molar-refractivity contribution is 5.85. The summed E-state index contributed by atoms with van der Waals surface area (Å²) in [6.07, 6.45) is 1.76. The minimum absolute atomic E-state index is 0. The van der Waals surface area contributed by atoms with Gasteiger partial charge in [-0.25, -0.2) is 4.39 Å². The SMILES string of the molecule is Cc1ccc(CNC(=O)C2CCN(C(=O)CC3COCCN3)CC2)cc1F.Cl. The molecular formula is C20H29ClFN3O3. The van der Waals surface area contributed by atoms with Gasteiger partial charge in [0.25, 0.3) is 0 Å². The smallest absolute Gasteiger partial charge is 0.224 e. The molecule has 2 aliphatic heterocycles. The quantitative estimate of drug-likeness (QED) is 0.772. The zero-order chi connectivity index (χ0) is 19.2. The van der Waals surface area contributed by atoms with Crippen molar-refractivity contribution in [1.29, 1.82) is 0 Å². The topological polar surface area (TPSA) is 70.7 Å². The Bertz CT molecular complexity index is 675. The van der Waals surface area contributed by atoms with Gasteiger partial charge in [0, 0.05) is 44.6 Å². The van der Waals surface area contributed by atoms with Crippen LogP contribution in [0.15, 0.2) is 18.2 Å². The summed E-state index contributed by atoms with van der Waals surface area (Å²) in [5.41, 5.74) is 1.35. The predicted octanol–water partition coefficient (Wildman–Crippen LogP) is 1.79. The maximum Gasteiger partial charge on any atom is 0.224 e. The van der Waals surface area contributed by atoms with Crippen molar-refractivity contribution >= 4 is 24.2 Å². The van der Waals surface area contributed by atoms with Crippen LogP contribution in [0.1, 0.15) is 30.4 Å². The van der Waals surface area contributed by atoms with Crippen LogP contribution in [0.5, 0.6) is 0 Å². The minimum Gasteiger partial charge on any atom is -0.378 e. The minimum atomic E-state index is -0.258. The molecule has 1 unspecified atom stereocenters. The van der Waals surface area contributed by atoms with Gasteiger partial charge >= 0.3 is 0 Å². The van der Waals surface area contributed by atoms with E-state index < -0.39 is 0 Å². The number of rotatable bonds is 5. The zero-order valence-corrected chi connectivity index (χ0v) is 17.0. The number of amides is 2. The molecule has 2 saturated heterocycles. The van der Waals surface area contributed by atoms with Crippen LogP contribution < -0.4 is 10.6 Å². The van der Waals surface area contributed by atoms with Crippen molar-refractivity contribution in [3.8, 4) is 0 Å². The Labute approximate surface area is 171 Å². The molecule has 0 bridgehead atoms. The van der Waals surface area contributed by atoms with Crippen LogP contribution >= 0.6 is 12.4 Å². The number of carbonyl (C=O) groups excluding carboxylic acids is 2. The van der Waals surface area contributed by atoms with Gasteiger partial charge in [0.05, 0.1) is 13.2 Å². The number of halogens is 2. The highest BCUT2D eigenvalue weighted by Gasteiger charge is 2.28. The van der Waals surface area contributed by atoms with Crippen molar-refractivity contribution in [2.75, 3.05) is 32.8 Å². The molecule has 0 radical (unpaired) electrons. The lowest BCUT2D eigenvalue weighted by Crippen LogP contribution is -2.47. The van der Waals surface area contributed by atoms with E-state index >= 15 is 0 Å². The van der Waals surface area contributed by atoms with Crippen LogP contribution in [0.4, 0.5) is 4.39 Å². The third-order valence-corrected chi connectivity index (χ3v) is 5.34. The molecule has 8 heteroatoms. The normalized spacial score (nSPS) is 20.4. The number of piperidine rings is 1. The van der Waals surface area contributed by atoms with E-state index in [0.717, 1.165) is 12.1 Å². The van der Waals surface area contributed by atoms with E-state index in [1.165, 1.54) is 6.07 Å². The number of ether oxygens (including phenoxy) is 1. The number of morpholine rings is 1. The average molecular weight is 414 g/mol. The predicted molar refractivity (Wildman–Crippen MR) is 107 cm³/mol. The van der Waals surface area contributed by atoms with Crippen molar-refractivity contribution in [3.05, 3.63) is 35.1 Å². The molecular weight excluding hydrogens is 385 g/mol. The van der Waals surface area contributed by atoms with E-state index in [1.54, 1.807) is 13.0 Å². The summed E-state index contributed by atoms with van der Waals surface area (Å²) in [7, 11) is 0. The lowest BCUT2D eigenvalue weighted by Gasteiger charge is -2.33. The molecule has 2 N–H and O–H groups in total. The second kappa shape index (κ2) is 10.7. The molecule has 6 nitrogen and oxygen atoms in total. The van der Waals surface area contributed by atoms with E-state index in [-0.39, 0.29) is 42.0 Å². The van der Waals surface area contributed by atoms with E-state index in [4.69, 9.17) is 4.74 Å². The number of carbonyl (C=O) groups is 2. The van der Waals surface area contributed by atoms with Gasteiger partial charge in [0.1, 0.15) is 5.82 Å². The molecule has 0 spiro atoms. The molecule has 1 aromatic rings. The van der Waals surface area contributed by atoms with Gasteiger partial charge in [-0.1, -0.05) is 12.1 Å². The Hall–Kier alpha value is -1.70. The lowest BCUT2D eigenvalue weighted by molar-refractivity contribution is -0.136. The largest absolute Gasteiger partial charge is 0.378 e. The summed E-state index contributed by atoms with van der Waals surface area (Å²) in [6, 6.07) is 5.08. The Morgan fingerprint density at radius 2 is 2.07 bits per heavy atom. The fourth-order valence-corrected chi connectivity index (χ4v) is 3.56. The summed E-state index contributed by atoms with van der Waals surface area (Å²) in [5, 5.41) is 6.18. The second-order valence-corrected chi connectivity index (χ2v) is 7.39. The number of nitrogens with zero attached hydrogens (tertiary/aromatic N) is 1. The van der Waals surface area contributed by atoms with Gasteiger partial charge in [0.15, 0.2) is 0 Å². The molecule has 156 valence electrons. The number of nitrogens with one attached hydrogen (secondary N) is 2. The summed E-state index contributed by atoms with van der Waals surface area (Å²) in [6.45, 7) is 5.29. The Balaban J connectivity index is 0.00000280. The molecule has 2 heterocycles. The molecule has 2 fully saturated rings. The molecule has 0 aliphatic carbocycles. The highest BCUT2D eigenvalue weighted by Crippen LogP contribution is 2.19. The number of benzene rings is 1. The Morgan fingerprint density at radius 3 is 2.71 bits per heavy atom. The average Bonchev–Trinajstić information content (AvgIpc) is 2.69. The number of hydrogen-bond acceptors (Lipinski definition) is 4. The van der Waals surface area contributed by atoms with Crippen LogP contribution in [0, 0.1) is 18.7 Å². The summed E-state index contributed by atoms with van der Waals surface area (Å²) in [5.74, 6) is -0.260. The lowest BCUT2D eigenvalue weighted by atomic mass is 9.95. The fraction of sp³-hybridized carbons (Fsp3) is 0.600. The van der Waals surface area contributed by atoms with Gasteiger partial charge < -0.3 is 20.3 Å². The van der Waals surface area contributed by atoms with Crippen LogP contribution in [-0.2, 0) is 20.9 Å². The van der Waals surface area contributed by atoms with Crippen molar-refractivity contribution in [1.82, 2.24) is 15.5 Å². The first-order valence-corrected chi connectivity index (χ1v) is 9.64. The second-order valence-electron chi connectivity index (χ2n) is 7.39. The van der Waals surface area contributed by atoms with E-state index in [0.29, 0.717) is 57.7 Å². The maximum atomic E-state index is 13.6. The third-order valence-electron chi connectivity index (χ3n) is 5.34. The van der Waals surface area contributed by atoms with Crippen molar-refractivity contribution < 1.29 is 18.7 Å². The van der Waals surface area contributed by atoms with Crippen LogP contribution in [-0.4, -0.2) is 55.6 Å². The van der Waals surface area contributed by atoms with Crippen LogP contribution in [0.3, 0.4) is 0 Å². The van der Waals surface area contributed by atoms with Gasteiger partial charge in [-0.3, -0.25) is 9.59 Å². The Kier molecular flexibility index (Phi) is 8.66. The molecule has 0 aromatic heterocycles. The maximum absolute atomic E-state index is 13.6. The molecule has 3 rings (SSSR count). The summed E-state index contributed by atoms with van der Waals surface area (Å²) < 4.78 is 19.0. The fourth-order valence-electron chi connectivity index (χ4n) is 3.56. The van der Waals surface area contributed by atoms with Gasteiger partial charge in [-0.15, -0.1) is 12.4 Å². The monoisotopic (exact) mass is 413 g/mol. The first-order valence-electron chi connectivity index (χ1n) is 9.64. The molecule has 0 saturated carbocycles. The number of aryl methyl sites for hydroxylation is 1. The zero-order valence-electron chi connectivity index (χ0n) is 16.2. The summed E-state index contributed by atoms with van der Waals surface area (Å²) >= 11 is 0. The van der Waals surface area contributed by atoms with Gasteiger partial charge in [0.2, 0.25) is 11.8 Å². The standard InChI is InChI=1S/C20H28FN3O3.ClH/c1-14-2-3-15(10-18(14)21)12-23-20(26)16-4-7-24(8-5-16)19(25)11-17-13-27-9-6-22-17;/h2-3,10,16-17,22H,4-9,11-13H2,1H3,(H,23,26);1H. The first-order chi connectivity index (χ1) is 13.0. The summed E-state index contributed by atoms with van der Waals surface area (Å²) in [4.78, 5) is 26.6. The number of likely N-dealkylation sites (tertiary alicyclic amines) is 1. The van der Waals surface area contributed by atoms with Crippen molar-refractivity contribution in [2.45, 2.75) is 38.8 Å². The molecule has 28 heavy (non-hydrogen) atoms. The van der Waals surface area contributed by atoms with E-state index in [9.17, 15) is 14.0 Å². The first kappa shape index (κ1) is 22.6. The van der Waals surface area contributed by atoms with Crippen molar-refractivity contribution in [3.63, 3.8) is 0 Å². The number of hydrogen-bond donors (Lipinski definition) is 2. The Morgan fingerprint density at radius 1 is 1.32 bits per heavy atom. The molecule has 1 atom stereocenters. The third kappa shape index (κ3) is 6.15. The molecule has 2 aliphatic rings. The highest BCUT2D eigenvalue weighted by atomic mass is 35.5. The van der Waals surface area contributed by atoms with E-state index in [1.807, 2.05) is 11.0 Å². The van der Waals surface area contributed by atoms with E-state index in [2.05, 4.69) is 10.6 Å². The van der Waals surface area contributed by atoms with Crippen molar-refractivity contribution in [2.24, 2.45) is 5.92 Å². The molecule has 1 aromatic carbocycles.